The average molecular weight is 358 g/mol. The molecule has 1 fully saturated rings. The molecule has 0 aliphatic carbocycles. The molecule has 0 saturated carbocycles. The maximum atomic E-state index is 12.0. The number of amides is 3. The minimum absolute atomic E-state index is 0.0376. The molecule has 146 valence electrons. The van der Waals surface area contributed by atoms with E-state index >= 15 is 0 Å². The van der Waals surface area contributed by atoms with Crippen LogP contribution in [0.1, 0.15) is 39.5 Å². The Balaban J connectivity index is 2.34. The SMILES string of the molecule is CC(C)NC(=O)N[C@H]1CC[C@@H](CC(=O)NCCCN(C)C)O[C@@H]1CO. The van der Waals surface area contributed by atoms with Crippen LogP contribution >= 0.6 is 0 Å². The first kappa shape index (κ1) is 21.7. The number of hydrogen-bond acceptors (Lipinski definition) is 5. The van der Waals surface area contributed by atoms with Crippen LogP contribution in [0.2, 0.25) is 0 Å². The Morgan fingerprint density at radius 3 is 2.60 bits per heavy atom. The highest BCUT2D eigenvalue weighted by Crippen LogP contribution is 2.21. The van der Waals surface area contributed by atoms with Crippen LogP contribution in [0.4, 0.5) is 4.79 Å². The Kier molecular flexibility index (Phi) is 9.77. The average Bonchev–Trinajstić information content (AvgIpc) is 2.52. The van der Waals surface area contributed by atoms with Gasteiger partial charge in [-0.25, -0.2) is 4.79 Å². The van der Waals surface area contributed by atoms with Crippen molar-refractivity contribution >= 4 is 11.9 Å². The molecule has 1 saturated heterocycles. The van der Waals surface area contributed by atoms with Gasteiger partial charge in [-0.1, -0.05) is 0 Å². The fraction of sp³-hybridized carbons (Fsp3) is 0.882. The number of hydrogen-bond donors (Lipinski definition) is 4. The third kappa shape index (κ3) is 9.04. The summed E-state index contributed by atoms with van der Waals surface area (Å²) in [4.78, 5) is 25.9. The minimum atomic E-state index is -0.488. The summed E-state index contributed by atoms with van der Waals surface area (Å²) in [5.74, 6) is -0.0376. The van der Waals surface area contributed by atoms with Gasteiger partial charge in [0.1, 0.15) is 6.10 Å². The molecule has 25 heavy (non-hydrogen) atoms. The molecule has 1 rings (SSSR count). The number of aliphatic hydroxyl groups is 1. The van der Waals surface area contributed by atoms with Crippen molar-refractivity contribution in [2.24, 2.45) is 0 Å². The summed E-state index contributed by atoms with van der Waals surface area (Å²) in [6.45, 7) is 5.15. The van der Waals surface area contributed by atoms with Crippen LogP contribution in [0.3, 0.4) is 0 Å². The van der Waals surface area contributed by atoms with Gasteiger partial charge in [0, 0.05) is 12.6 Å². The zero-order valence-corrected chi connectivity index (χ0v) is 15.9. The van der Waals surface area contributed by atoms with E-state index in [1.54, 1.807) is 0 Å². The molecular weight excluding hydrogens is 324 g/mol. The van der Waals surface area contributed by atoms with Crippen molar-refractivity contribution in [3.8, 4) is 0 Å². The van der Waals surface area contributed by atoms with Crippen molar-refractivity contribution < 1.29 is 19.4 Å². The third-order valence-corrected chi connectivity index (χ3v) is 4.05. The Morgan fingerprint density at radius 1 is 1.28 bits per heavy atom. The van der Waals surface area contributed by atoms with E-state index in [1.165, 1.54) is 0 Å². The van der Waals surface area contributed by atoms with Crippen LogP contribution in [0, 0.1) is 0 Å². The lowest BCUT2D eigenvalue weighted by molar-refractivity contribution is -0.130. The highest BCUT2D eigenvalue weighted by Gasteiger charge is 2.32. The van der Waals surface area contributed by atoms with Crippen LogP contribution in [0.5, 0.6) is 0 Å². The van der Waals surface area contributed by atoms with Crippen molar-refractivity contribution in [2.45, 2.75) is 63.8 Å². The van der Waals surface area contributed by atoms with Gasteiger partial charge >= 0.3 is 6.03 Å². The molecular formula is C17H34N4O4. The molecule has 0 spiro atoms. The summed E-state index contributed by atoms with van der Waals surface area (Å²) < 4.78 is 5.81. The van der Waals surface area contributed by atoms with Gasteiger partial charge in [-0.05, 0) is 53.8 Å². The zero-order chi connectivity index (χ0) is 18.8. The summed E-state index contributed by atoms with van der Waals surface area (Å²) in [6.07, 6.45) is 1.82. The molecule has 0 aromatic rings. The minimum Gasteiger partial charge on any atom is -0.394 e. The van der Waals surface area contributed by atoms with Crippen LogP contribution in [0.15, 0.2) is 0 Å². The zero-order valence-electron chi connectivity index (χ0n) is 15.9. The first-order valence-corrected chi connectivity index (χ1v) is 9.06. The monoisotopic (exact) mass is 358 g/mol. The predicted octanol–water partition coefficient (Wildman–Crippen LogP) is 0.0605. The Bertz CT molecular complexity index is 417. The second kappa shape index (κ2) is 11.3. The standard InChI is InChI=1S/C17H34N4O4/c1-12(2)19-17(24)20-14-7-6-13(25-15(14)11-22)10-16(23)18-8-5-9-21(3)4/h12-15,22H,5-11H2,1-4H3,(H,18,23)(H2,19,20,24)/t13-,14-,15+/m0/s1. The lowest BCUT2D eigenvalue weighted by atomic mass is 9.97. The van der Waals surface area contributed by atoms with E-state index in [0.717, 1.165) is 13.0 Å². The highest BCUT2D eigenvalue weighted by atomic mass is 16.5. The molecule has 1 aliphatic rings. The van der Waals surface area contributed by atoms with Crippen LogP contribution in [0.25, 0.3) is 0 Å². The second-order valence-electron chi connectivity index (χ2n) is 7.15. The van der Waals surface area contributed by atoms with Gasteiger partial charge < -0.3 is 30.7 Å². The van der Waals surface area contributed by atoms with E-state index in [2.05, 4.69) is 20.9 Å². The second-order valence-corrected chi connectivity index (χ2v) is 7.15. The van der Waals surface area contributed by atoms with Crippen molar-refractivity contribution in [1.29, 1.82) is 0 Å². The summed E-state index contributed by atoms with van der Waals surface area (Å²) >= 11 is 0. The molecule has 1 aliphatic heterocycles. The number of nitrogens with zero attached hydrogens (tertiary/aromatic N) is 1. The number of aliphatic hydroxyl groups excluding tert-OH is 1. The molecule has 0 bridgehead atoms. The largest absolute Gasteiger partial charge is 0.394 e. The van der Waals surface area contributed by atoms with Crippen molar-refractivity contribution in [2.75, 3.05) is 33.8 Å². The Labute approximate surface area is 150 Å². The quantitative estimate of drug-likeness (QED) is 0.437. The number of nitrogens with one attached hydrogen (secondary N) is 3. The molecule has 0 unspecified atom stereocenters. The van der Waals surface area contributed by atoms with E-state index in [0.29, 0.717) is 19.4 Å². The van der Waals surface area contributed by atoms with Gasteiger partial charge in [0.25, 0.3) is 0 Å². The topological polar surface area (TPSA) is 103 Å². The number of ether oxygens (including phenoxy) is 1. The van der Waals surface area contributed by atoms with Gasteiger partial charge in [-0.3, -0.25) is 4.79 Å². The maximum absolute atomic E-state index is 12.0. The van der Waals surface area contributed by atoms with Gasteiger partial charge in [0.15, 0.2) is 0 Å². The van der Waals surface area contributed by atoms with Crippen molar-refractivity contribution in [3.05, 3.63) is 0 Å². The van der Waals surface area contributed by atoms with Crippen LogP contribution < -0.4 is 16.0 Å². The van der Waals surface area contributed by atoms with Crippen molar-refractivity contribution in [1.82, 2.24) is 20.9 Å². The Morgan fingerprint density at radius 2 is 2.00 bits per heavy atom. The smallest absolute Gasteiger partial charge is 0.315 e. The number of carbonyl (C=O) groups is 2. The summed E-state index contributed by atoms with van der Waals surface area (Å²) in [5.41, 5.74) is 0. The third-order valence-electron chi connectivity index (χ3n) is 4.05. The number of rotatable bonds is 9. The molecule has 8 heteroatoms. The molecule has 0 aromatic carbocycles. The van der Waals surface area contributed by atoms with E-state index in [9.17, 15) is 14.7 Å². The van der Waals surface area contributed by atoms with Crippen LogP contribution in [-0.2, 0) is 9.53 Å². The predicted molar refractivity (Wildman–Crippen MR) is 96.4 cm³/mol. The molecule has 1 heterocycles. The van der Waals surface area contributed by atoms with Gasteiger partial charge in [0.2, 0.25) is 5.91 Å². The lowest BCUT2D eigenvalue weighted by Gasteiger charge is -2.36. The lowest BCUT2D eigenvalue weighted by Crippen LogP contribution is -2.54. The Hall–Kier alpha value is -1.38. The fourth-order valence-electron chi connectivity index (χ4n) is 2.82. The van der Waals surface area contributed by atoms with E-state index in [4.69, 9.17) is 4.74 Å². The molecule has 0 radical (unpaired) electrons. The van der Waals surface area contributed by atoms with E-state index in [-0.39, 0.29) is 43.2 Å². The number of carbonyl (C=O) groups excluding carboxylic acids is 2. The van der Waals surface area contributed by atoms with Crippen molar-refractivity contribution in [3.63, 3.8) is 0 Å². The first-order valence-electron chi connectivity index (χ1n) is 9.06. The van der Waals surface area contributed by atoms with E-state index in [1.807, 2.05) is 27.9 Å². The van der Waals surface area contributed by atoms with Gasteiger partial charge in [-0.2, -0.15) is 0 Å². The van der Waals surface area contributed by atoms with Gasteiger partial charge in [0.05, 0.1) is 25.2 Å². The van der Waals surface area contributed by atoms with E-state index < -0.39 is 6.10 Å². The summed E-state index contributed by atoms with van der Waals surface area (Å²) in [6, 6.07) is -0.469. The molecule has 4 N–H and O–H groups in total. The number of urea groups is 1. The molecule has 3 amide bonds. The first-order chi connectivity index (χ1) is 11.8. The highest BCUT2D eigenvalue weighted by molar-refractivity contribution is 5.76. The van der Waals surface area contributed by atoms with Crippen LogP contribution in [-0.4, -0.2) is 80.0 Å². The fourth-order valence-corrected chi connectivity index (χ4v) is 2.82. The molecule has 3 atom stereocenters. The van der Waals surface area contributed by atoms with Gasteiger partial charge in [-0.15, -0.1) is 0 Å². The molecule has 0 aromatic heterocycles. The molecule has 8 nitrogen and oxygen atoms in total. The summed E-state index contributed by atoms with van der Waals surface area (Å²) in [7, 11) is 4.00. The summed E-state index contributed by atoms with van der Waals surface area (Å²) in [5, 5.41) is 18.0. The normalized spacial score (nSPS) is 23.6. The maximum Gasteiger partial charge on any atom is 0.315 e.